The number of hydrogen-bond acceptors (Lipinski definition) is 4. The third-order valence-corrected chi connectivity index (χ3v) is 3.71. The van der Waals surface area contributed by atoms with Gasteiger partial charge in [-0.15, -0.1) is 0 Å². The topological polar surface area (TPSA) is 61.0 Å². The summed E-state index contributed by atoms with van der Waals surface area (Å²) in [5, 5.41) is 0. The molecular weight excluding hydrogens is 238 g/mol. The van der Waals surface area contributed by atoms with E-state index in [0.29, 0.717) is 11.7 Å². The van der Waals surface area contributed by atoms with Crippen LogP contribution >= 0.6 is 0 Å². The number of rotatable bonds is 2. The molecule has 4 nitrogen and oxygen atoms in total. The molecule has 96 valence electrons. The first-order valence-corrected chi connectivity index (χ1v) is 6.70. The van der Waals surface area contributed by atoms with Crippen LogP contribution in [-0.2, 0) is 6.42 Å². The molecule has 0 radical (unpaired) electrons. The summed E-state index contributed by atoms with van der Waals surface area (Å²) in [7, 11) is 0. The molecule has 19 heavy (non-hydrogen) atoms. The molecule has 1 fully saturated rings. The van der Waals surface area contributed by atoms with Crippen molar-refractivity contribution in [3.8, 4) is 17.1 Å². The van der Waals surface area contributed by atoms with E-state index in [0.717, 1.165) is 35.9 Å². The van der Waals surface area contributed by atoms with E-state index in [9.17, 15) is 0 Å². The highest BCUT2D eigenvalue weighted by Gasteiger charge is 2.26. The first-order chi connectivity index (χ1) is 9.29. The van der Waals surface area contributed by atoms with Crippen LogP contribution in [0.5, 0.6) is 5.75 Å². The molecule has 4 heteroatoms. The lowest BCUT2D eigenvalue weighted by molar-refractivity contribution is 0.357. The van der Waals surface area contributed by atoms with E-state index < -0.39 is 0 Å². The van der Waals surface area contributed by atoms with Crippen LogP contribution in [0.15, 0.2) is 24.3 Å². The van der Waals surface area contributed by atoms with E-state index >= 15 is 0 Å². The summed E-state index contributed by atoms with van der Waals surface area (Å²) < 4.78 is 5.52. The van der Waals surface area contributed by atoms with Gasteiger partial charge in [0.25, 0.3) is 0 Å². The first-order valence-electron chi connectivity index (χ1n) is 6.70. The molecule has 1 saturated carbocycles. The normalized spacial score (nSPS) is 17.1. The maximum Gasteiger partial charge on any atom is 0.161 e. The number of anilines is 1. The summed E-state index contributed by atoms with van der Waals surface area (Å²) in [6.45, 7) is 0.768. The molecule has 0 atom stereocenters. The summed E-state index contributed by atoms with van der Waals surface area (Å²) in [5.74, 6) is 2.86. The predicted molar refractivity (Wildman–Crippen MR) is 73.1 cm³/mol. The zero-order valence-electron chi connectivity index (χ0n) is 10.6. The third-order valence-electron chi connectivity index (χ3n) is 3.71. The minimum Gasteiger partial charge on any atom is -0.493 e. The predicted octanol–water partition coefficient (Wildman–Crippen LogP) is 2.54. The number of nitrogens with zero attached hydrogens (tertiary/aromatic N) is 2. The zero-order valence-corrected chi connectivity index (χ0v) is 10.6. The van der Waals surface area contributed by atoms with Crippen molar-refractivity contribution >= 4 is 5.82 Å². The van der Waals surface area contributed by atoms with E-state index in [1.54, 1.807) is 0 Å². The van der Waals surface area contributed by atoms with Crippen LogP contribution in [0.2, 0.25) is 0 Å². The summed E-state index contributed by atoms with van der Waals surface area (Å²) in [6, 6.07) is 8.03. The molecule has 0 bridgehead atoms. The molecule has 2 N–H and O–H groups in total. The van der Waals surface area contributed by atoms with Crippen molar-refractivity contribution in [3.05, 3.63) is 35.5 Å². The van der Waals surface area contributed by atoms with Gasteiger partial charge >= 0.3 is 0 Å². The van der Waals surface area contributed by atoms with Gasteiger partial charge in [-0.3, -0.25) is 0 Å². The van der Waals surface area contributed by atoms with Gasteiger partial charge in [0, 0.05) is 29.7 Å². The Morgan fingerprint density at radius 3 is 2.89 bits per heavy atom. The lowest BCUT2D eigenvalue weighted by atomic mass is 10.1. The average molecular weight is 253 g/mol. The molecule has 2 heterocycles. The minimum absolute atomic E-state index is 0.559. The number of aromatic nitrogens is 2. The lowest BCUT2D eigenvalue weighted by Gasteiger charge is -2.06. The van der Waals surface area contributed by atoms with Crippen molar-refractivity contribution in [3.63, 3.8) is 0 Å². The largest absolute Gasteiger partial charge is 0.493 e. The third kappa shape index (κ3) is 1.93. The standard InChI is InChI=1S/C15H15N3O/c16-14-8-12(9-1-2-9)17-15(18-14)11-3-4-13-10(7-11)5-6-19-13/h3-4,7-9H,1-2,5-6H2,(H2,16,17,18). The zero-order chi connectivity index (χ0) is 12.8. The summed E-state index contributed by atoms with van der Waals surface area (Å²) >= 11 is 0. The molecule has 2 aromatic rings. The molecule has 0 amide bonds. The van der Waals surface area contributed by atoms with Crippen LogP contribution in [0.25, 0.3) is 11.4 Å². The van der Waals surface area contributed by atoms with Gasteiger partial charge < -0.3 is 10.5 Å². The maximum absolute atomic E-state index is 5.90. The van der Waals surface area contributed by atoms with Crippen LogP contribution in [0.3, 0.4) is 0 Å². The molecule has 1 aliphatic heterocycles. The summed E-state index contributed by atoms with van der Waals surface area (Å²) in [4.78, 5) is 9.02. The van der Waals surface area contributed by atoms with Gasteiger partial charge in [-0.2, -0.15) is 0 Å². The average Bonchev–Trinajstić information content (AvgIpc) is 3.16. The second-order valence-electron chi connectivity index (χ2n) is 5.24. The Bertz CT molecular complexity index is 650. The minimum atomic E-state index is 0.559. The van der Waals surface area contributed by atoms with E-state index in [-0.39, 0.29) is 0 Å². The van der Waals surface area contributed by atoms with Gasteiger partial charge in [-0.05, 0) is 36.6 Å². The number of ether oxygens (including phenoxy) is 1. The second kappa shape index (κ2) is 3.95. The number of fused-ring (bicyclic) bond motifs is 1. The van der Waals surface area contributed by atoms with Gasteiger partial charge in [0.1, 0.15) is 11.6 Å². The molecular formula is C15H15N3O. The maximum atomic E-state index is 5.90. The molecule has 0 unspecified atom stereocenters. The van der Waals surface area contributed by atoms with Crippen LogP contribution in [-0.4, -0.2) is 16.6 Å². The highest BCUT2D eigenvalue weighted by Crippen LogP contribution is 2.40. The lowest BCUT2D eigenvalue weighted by Crippen LogP contribution is -1.99. The quantitative estimate of drug-likeness (QED) is 0.893. The molecule has 2 aliphatic rings. The van der Waals surface area contributed by atoms with E-state index in [1.807, 2.05) is 18.2 Å². The Labute approximate surface area is 111 Å². The van der Waals surface area contributed by atoms with Gasteiger partial charge in [0.05, 0.1) is 6.61 Å². The highest BCUT2D eigenvalue weighted by atomic mass is 16.5. The Morgan fingerprint density at radius 2 is 2.05 bits per heavy atom. The molecule has 1 aromatic carbocycles. The van der Waals surface area contributed by atoms with E-state index in [2.05, 4.69) is 16.0 Å². The van der Waals surface area contributed by atoms with Crippen molar-refractivity contribution in [1.82, 2.24) is 9.97 Å². The molecule has 1 aliphatic carbocycles. The molecule has 4 rings (SSSR count). The van der Waals surface area contributed by atoms with Gasteiger partial charge in [0.15, 0.2) is 5.82 Å². The number of nitrogen functional groups attached to an aromatic ring is 1. The van der Waals surface area contributed by atoms with Crippen LogP contribution in [0, 0.1) is 0 Å². The van der Waals surface area contributed by atoms with Crippen molar-refractivity contribution in [2.45, 2.75) is 25.2 Å². The highest BCUT2D eigenvalue weighted by molar-refractivity contribution is 5.61. The molecule has 0 saturated heterocycles. The fraction of sp³-hybridized carbons (Fsp3) is 0.333. The summed E-state index contributed by atoms with van der Waals surface area (Å²) in [5.41, 5.74) is 9.24. The van der Waals surface area contributed by atoms with Gasteiger partial charge in [-0.1, -0.05) is 0 Å². The fourth-order valence-electron chi connectivity index (χ4n) is 2.53. The Hall–Kier alpha value is -2.10. The number of benzene rings is 1. The monoisotopic (exact) mass is 253 g/mol. The number of hydrogen-bond donors (Lipinski definition) is 1. The Morgan fingerprint density at radius 1 is 1.16 bits per heavy atom. The van der Waals surface area contributed by atoms with Gasteiger partial charge in [0.2, 0.25) is 0 Å². The Kier molecular flexibility index (Phi) is 2.24. The molecule has 0 spiro atoms. The van der Waals surface area contributed by atoms with Crippen molar-refractivity contribution in [2.75, 3.05) is 12.3 Å². The van der Waals surface area contributed by atoms with Crippen LogP contribution < -0.4 is 10.5 Å². The fourth-order valence-corrected chi connectivity index (χ4v) is 2.53. The first kappa shape index (κ1) is 10.8. The van der Waals surface area contributed by atoms with Crippen molar-refractivity contribution in [1.29, 1.82) is 0 Å². The Balaban J connectivity index is 1.79. The van der Waals surface area contributed by atoms with Gasteiger partial charge in [-0.25, -0.2) is 9.97 Å². The molecule has 1 aromatic heterocycles. The summed E-state index contributed by atoms with van der Waals surface area (Å²) in [6.07, 6.45) is 3.39. The van der Waals surface area contributed by atoms with E-state index in [4.69, 9.17) is 10.5 Å². The SMILES string of the molecule is Nc1cc(C2CC2)nc(-c2ccc3c(c2)CCO3)n1. The van der Waals surface area contributed by atoms with Crippen LogP contribution in [0.1, 0.15) is 30.0 Å². The smallest absolute Gasteiger partial charge is 0.161 e. The van der Waals surface area contributed by atoms with Crippen molar-refractivity contribution < 1.29 is 4.74 Å². The van der Waals surface area contributed by atoms with Crippen molar-refractivity contribution in [2.24, 2.45) is 0 Å². The van der Waals surface area contributed by atoms with Crippen LogP contribution in [0.4, 0.5) is 5.82 Å². The number of nitrogens with two attached hydrogens (primary N) is 1. The second-order valence-corrected chi connectivity index (χ2v) is 5.24. The van der Waals surface area contributed by atoms with E-state index in [1.165, 1.54) is 18.4 Å².